The standard InChI is InChI=1S/C20H30F3N3O2/c1-4-28-18-8-6-5-7-17(18)25-19(27)15(3)24-14(2)16-9-11-26(12-10-16)13-20(21,22)23/h5-8,14-16,24H,4,9-13H2,1-3H3,(H,25,27)/t14-,15+/m0/s1. The zero-order chi connectivity index (χ0) is 20.7. The second-order valence-electron chi connectivity index (χ2n) is 7.32. The van der Waals surface area contributed by atoms with Crippen LogP contribution >= 0.6 is 0 Å². The van der Waals surface area contributed by atoms with Crippen molar-refractivity contribution in [2.24, 2.45) is 5.92 Å². The number of carbonyl (C=O) groups excluding carboxylic acids is 1. The number of amides is 1. The number of para-hydroxylation sites is 2. The lowest BCUT2D eigenvalue weighted by Gasteiger charge is -2.36. The molecule has 0 unspecified atom stereocenters. The smallest absolute Gasteiger partial charge is 0.401 e. The van der Waals surface area contributed by atoms with Crippen LogP contribution in [0.3, 0.4) is 0 Å². The van der Waals surface area contributed by atoms with Crippen LogP contribution in [0.5, 0.6) is 5.75 Å². The third-order valence-electron chi connectivity index (χ3n) is 5.09. The first-order valence-electron chi connectivity index (χ1n) is 9.77. The molecule has 5 nitrogen and oxygen atoms in total. The van der Waals surface area contributed by atoms with Gasteiger partial charge in [-0.05, 0) is 64.8 Å². The summed E-state index contributed by atoms with van der Waals surface area (Å²) in [6.45, 7) is 6.17. The summed E-state index contributed by atoms with van der Waals surface area (Å²) in [6.07, 6.45) is -2.78. The normalized spacial score (nSPS) is 18.5. The third-order valence-corrected chi connectivity index (χ3v) is 5.09. The Kier molecular flexibility index (Phi) is 8.12. The molecule has 1 aliphatic rings. The minimum Gasteiger partial charge on any atom is -0.492 e. The Labute approximate surface area is 164 Å². The van der Waals surface area contributed by atoms with Gasteiger partial charge in [-0.1, -0.05) is 12.1 Å². The van der Waals surface area contributed by atoms with Crippen molar-refractivity contribution in [1.29, 1.82) is 0 Å². The van der Waals surface area contributed by atoms with Crippen molar-refractivity contribution < 1.29 is 22.7 Å². The fraction of sp³-hybridized carbons (Fsp3) is 0.650. The Morgan fingerprint density at radius 1 is 1.25 bits per heavy atom. The van der Waals surface area contributed by atoms with Gasteiger partial charge in [-0.3, -0.25) is 9.69 Å². The van der Waals surface area contributed by atoms with E-state index in [1.807, 2.05) is 26.0 Å². The first-order chi connectivity index (χ1) is 13.2. The zero-order valence-electron chi connectivity index (χ0n) is 16.7. The Morgan fingerprint density at radius 2 is 1.89 bits per heavy atom. The van der Waals surface area contributed by atoms with Gasteiger partial charge in [0.1, 0.15) is 5.75 Å². The molecule has 2 rings (SSSR count). The second-order valence-corrected chi connectivity index (χ2v) is 7.32. The Balaban J connectivity index is 1.82. The molecule has 1 heterocycles. The van der Waals surface area contributed by atoms with E-state index in [4.69, 9.17) is 4.74 Å². The Morgan fingerprint density at radius 3 is 2.50 bits per heavy atom. The number of nitrogens with zero attached hydrogens (tertiary/aromatic N) is 1. The van der Waals surface area contributed by atoms with Gasteiger partial charge < -0.3 is 15.4 Å². The van der Waals surface area contributed by atoms with Gasteiger partial charge in [-0.15, -0.1) is 0 Å². The van der Waals surface area contributed by atoms with E-state index in [1.54, 1.807) is 19.1 Å². The van der Waals surface area contributed by atoms with Crippen molar-refractivity contribution in [3.63, 3.8) is 0 Å². The highest BCUT2D eigenvalue weighted by Crippen LogP contribution is 2.26. The molecule has 1 aliphatic heterocycles. The van der Waals surface area contributed by atoms with E-state index in [0.29, 0.717) is 44.0 Å². The van der Waals surface area contributed by atoms with Crippen LogP contribution in [-0.4, -0.2) is 55.3 Å². The fourth-order valence-corrected chi connectivity index (χ4v) is 3.56. The molecule has 1 aromatic carbocycles. The monoisotopic (exact) mass is 401 g/mol. The maximum atomic E-state index is 12.5. The van der Waals surface area contributed by atoms with E-state index in [9.17, 15) is 18.0 Å². The maximum Gasteiger partial charge on any atom is 0.401 e. The van der Waals surface area contributed by atoms with Gasteiger partial charge in [0.15, 0.2) is 0 Å². The molecule has 0 aliphatic carbocycles. The summed E-state index contributed by atoms with van der Waals surface area (Å²) >= 11 is 0. The fourth-order valence-electron chi connectivity index (χ4n) is 3.56. The lowest BCUT2D eigenvalue weighted by molar-refractivity contribution is -0.148. The Bertz CT molecular complexity index is 631. The number of piperidine rings is 1. The molecule has 0 bridgehead atoms. The summed E-state index contributed by atoms with van der Waals surface area (Å²) in [5.74, 6) is 0.694. The number of alkyl halides is 3. The van der Waals surface area contributed by atoms with E-state index in [-0.39, 0.29) is 17.9 Å². The summed E-state index contributed by atoms with van der Waals surface area (Å²) in [5, 5.41) is 6.17. The van der Waals surface area contributed by atoms with E-state index < -0.39 is 18.8 Å². The quantitative estimate of drug-likeness (QED) is 0.698. The lowest BCUT2D eigenvalue weighted by atomic mass is 9.90. The van der Waals surface area contributed by atoms with Gasteiger partial charge in [-0.25, -0.2) is 0 Å². The van der Waals surface area contributed by atoms with Gasteiger partial charge in [0, 0.05) is 6.04 Å². The molecule has 1 saturated heterocycles. The van der Waals surface area contributed by atoms with Crippen molar-refractivity contribution >= 4 is 11.6 Å². The summed E-state index contributed by atoms with van der Waals surface area (Å²) in [4.78, 5) is 14.0. The molecule has 0 aromatic heterocycles. The highest BCUT2D eigenvalue weighted by Gasteiger charge is 2.33. The molecule has 0 saturated carbocycles. The first kappa shape index (κ1) is 22.5. The molecular formula is C20H30F3N3O2. The average Bonchev–Trinajstić information content (AvgIpc) is 2.62. The van der Waals surface area contributed by atoms with Crippen molar-refractivity contribution in [2.75, 3.05) is 31.6 Å². The lowest BCUT2D eigenvalue weighted by Crippen LogP contribution is -2.49. The molecule has 0 spiro atoms. The largest absolute Gasteiger partial charge is 0.492 e. The van der Waals surface area contributed by atoms with Crippen LogP contribution in [0.1, 0.15) is 33.6 Å². The summed E-state index contributed by atoms with van der Waals surface area (Å²) in [6, 6.07) is 6.86. The number of benzene rings is 1. The molecule has 0 radical (unpaired) electrons. The number of hydrogen-bond acceptors (Lipinski definition) is 4. The van der Waals surface area contributed by atoms with Crippen molar-refractivity contribution in [3.8, 4) is 5.75 Å². The molecule has 28 heavy (non-hydrogen) atoms. The highest BCUT2D eigenvalue weighted by atomic mass is 19.4. The topological polar surface area (TPSA) is 53.6 Å². The average molecular weight is 401 g/mol. The van der Waals surface area contributed by atoms with Crippen LogP contribution in [0, 0.1) is 5.92 Å². The Hall–Kier alpha value is -1.80. The van der Waals surface area contributed by atoms with Crippen LogP contribution in [0.25, 0.3) is 0 Å². The predicted molar refractivity (Wildman–Crippen MR) is 104 cm³/mol. The van der Waals surface area contributed by atoms with Crippen LogP contribution in [0.15, 0.2) is 24.3 Å². The molecule has 2 atom stereocenters. The van der Waals surface area contributed by atoms with Crippen molar-refractivity contribution in [1.82, 2.24) is 10.2 Å². The minimum absolute atomic E-state index is 0.0379. The molecular weight excluding hydrogens is 371 g/mol. The van der Waals surface area contributed by atoms with E-state index in [0.717, 1.165) is 0 Å². The molecule has 1 amide bonds. The number of carbonyl (C=O) groups is 1. The summed E-state index contributed by atoms with van der Waals surface area (Å²) in [5.41, 5.74) is 0.621. The molecule has 1 aromatic rings. The minimum atomic E-state index is -4.15. The number of anilines is 1. The van der Waals surface area contributed by atoms with Crippen LogP contribution in [-0.2, 0) is 4.79 Å². The first-order valence-corrected chi connectivity index (χ1v) is 9.77. The SMILES string of the molecule is CCOc1ccccc1NC(=O)[C@@H](C)N[C@@H](C)C1CCN(CC(F)(F)F)CC1. The van der Waals surface area contributed by atoms with Crippen molar-refractivity contribution in [2.45, 2.75) is 51.9 Å². The second kappa shape index (κ2) is 10.1. The maximum absolute atomic E-state index is 12.5. The number of ether oxygens (including phenoxy) is 1. The van der Waals surface area contributed by atoms with Gasteiger partial charge in [0.05, 0.1) is 24.9 Å². The van der Waals surface area contributed by atoms with Gasteiger partial charge in [-0.2, -0.15) is 13.2 Å². The summed E-state index contributed by atoms with van der Waals surface area (Å²) < 4.78 is 43.0. The summed E-state index contributed by atoms with van der Waals surface area (Å²) in [7, 11) is 0. The predicted octanol–water partition coefficient (Wildman–Crippen LogP) is 3.66. The van der Waals surface area contributed by atoms with Gasteiger partial charge in [0.25, 0.3) is 0 Å². The van der Waals surface area contributed by atoms with Gasteiger partial charge >= 0.3 is 6.18 Å². The highest BCUT2D eigenvalue weighted by molar-refractivity contribution is 5.95. The van der Waals surface area contributed by atoms with Crippen LogP contribution in [0.4, 0.5) is 18.9 Å². The molecule has 158 valence electrons. The molecule has 1 fully saturated rings. The van der Waals surface area contributed by atoms with E-state index in [1.165, 1.54) is 4.90 Å². The molecule has 8 heteroatoms. The number of halogens is 3. The van der Waals surface area contributed by atoms with E-state index >= 15 is 0 Å². The number of nitrogens with one attached hydrogen (secondary N) is 2. The number of hydrogen-bond donors (Lipinski definition) is 2. The van der Waals surface area contributed by atoms with Crippen LogP contribution in [0.2, 0.25) is 0 Å². The van der Waals surface area contributed by atoms with Crippen molar-refractivity contribution in [3.05, 3.63) is 24.3 Å². The van der Waals surface area contributed by atoms with Crippen LogP contribution < -0.4 is 15.4 Å². The number of rotatable bonds is 8. The number of likely N-dealkylation sites (tertiary alicyclic amines) is 1. The third kappa shape index (κ3) is 6.98. The zero-order valence-corrected chi connectivity index (χ0v) is 16.7. The van der Waals surface area contributed by atoms with Gasteiger partial charge in [0.2, 0.25) is 5.91 Å². The van der Waals surface area contributed by atoms with E-state index in [2.05, 4.69) is 10.6 Å². The molecule has 2 N–H and O–H groups in total.